The fraction of sp³-hybridized carbons (Fsp3) is 0. The van der Waals surface area contributed by atoms with Crippen LogP contribution in [0.4, 0.5) is 11.4 Å². The number of para-hydroxylation sites is 1. The third-order valence-corrected chi connectivity index (χ3v) is 5.59. The van der Waals surface area contributed by atoms with Crippen LogP contribution in [0.2, 0.25) is 0 Å². The molecule has 0 saturated carbocycles. The molecule has 0 fully saturated rings. The molecular formula is C27H19N3O4. The van der Waals surface area contributed by atoms with Gasteiger partial charge in [0.15, 0.2) is 5.71 Å². The van der Waals surface area contributed by atoms with E-state index in [-0.39, 0.29) is 28.6 Å². The predicted octanol–water partition coefficient (Wildman–Crippen LogP) is 5.19. The van der Waals surface area contributed by atoms with Crippen molar-refractivity contribution in [2.75, 3.05) is 10.7 Å². The highest BCUT2D eigenvalue weighted by molar-refractivity contribution is 6.54. The van der Waals surface area contributed by atoms with Crippen LogP contribution >= 0.6 is 0 Å². The molecule has 34 heavy (non-hydrogen) atoms. The number of nitrogens with zero attached hydrogens (tertiary/aromatic N) is 1. The summed E-state index contributed by atoms with van der Waals surface area (Å²) in [4.78, 5) is 23.9. The van der Waals surface area contributed by atoms with Gasteiger partial charge in [0.1, 0.15) is 5.75 Å². The molecule has 4 N–H and O–H groups in total. The maximum absolute atomic E-state index is 12.6. The molecule has 7 heteroatoms. The first-order valence-corrected chi connectivity index (χ1v) is 10.5. The van der Waals surface area contributed by atoms with Gasteiger partial charge in [-0.25, -0.2) is 4.79 Å². The molecule has 1 heterocycles. The third-order valence-electron chi connectivity index (χ3n) is 5.59. The highest BCUT2D eigenvalue weighted by Crippen LogP contribution is 2.36. The molecule has 1 amide bonds. The third kappa shape index (κ3) is 3.86. The highest BCUT2D eigenvalue weighted by Gasteiger charge is 2.26. The molecule has 0 bridgehead atoms. The molecule has 1 aliphatic rings. The normalized spacial score (nSPS) is 13.4. The van der Waals surface area contributed by atoms with Crippen LogP contribution in [0.25, 0.3) is 22.3 Å². The van der Waals surface area contributed by atoms with Crippen LogP contribution in [0.5, 0.6) is 5.75 Å². The van der Waals surface area contributed by atoms with Crippen molar-refractivity contribution in [2.45, 2.75) is 0 Å². The Labute approximate surface area is 195 Å². The van der Waals surface area contributed by atoms with E-state index in [9.17, 15) is 19.8 Å². The Morgan fingerprint density at radius 2 is 1.56 bits per heavy atom. The van der Waals surface area contributed by atoms with E-state index in [4.69, 9.17) is 0 Å². The molecule has 0 aromatic heterocycles. The van der Waals surface area contributed by atoms with Gasteiger partial charge in [0.2, 0.25) is 0 Å². The van der Waals surface area contributed by atoms with E-state index >= 15 is 0 Å². The smallest absolute Gasteiger partial charge is 0.335 e. The van der Waals surface area contributed by atoms with Crippen LogP contribution in [0.15, 0.2) is 96.1 Å². The number of aromatic hydroxyl groups is 1. The van der Waals surface area contributed by atoms with Crippen molar-refractivity contribution in [1.82, 2.24) is 0 Å². The maximum atomic E-state index is 12.6. The summed E-state index contributed by atoms with van der Waals surface area (Å²) in [7, 11) is 0. The minimum absolute atomic E-state index is 0.104. The van der Waals surface area contributed by atoms with E-state index in [2.05, 4.69) is 15.8 Å². The zero-order valence-electron chi connectivity index (χ0n) is 17.8. The van der Waals surface area contributed by atoms with Crippen molar-refractivity contribution < 1.29 is 19.8 Å². The minimum atomic E-state index is -1.05. The van der Waals surface area contributed by atoms with Crippen LogP contribution in [0, 0.1) is 0 Å². The first-order valence-electron chi connectivity index (χ1n) is 10.5. The number of phenolic OH excluding ortho intramolecular Hbond substituents is 1. The maximum Gasteiger partial charge on any atom is 0.335 e. The zero-order valence-corrected chi connectivity index (χ0v) is 17.8. The van der Waals surface area contributed by atoms with Crippen molar-refractivity contribution >= 4 is 29.0 Å². The van der Waals surface area contributed by atoms with Crippen molar-refractivity contribution in [3.05, 3.63) is 102 Å². The summed E-state index contributed by atoms with van der Waals surface area (Å²) < 4.78 is 0. The van der Waals surface area contributed by atoms with E-state index < -0.39 is 5.97 Å². The first kappa shape index (κ1) is 21.0. The van der Waals surface area contributed by atoms with Gasteiger partial charge >= 0.3 is 5.97 Å². The molecular weight excluding hydrogens is 430 g/mol. The second kappa shape index (κ2) is 8.55. The van der Waals surface area contributed by atoms with E-state index in [1.807, 2.05) is 48.5 Å². The Balaban J connectivity index is 1.44. The zero-order chi connectivity index (χ0) is 23.7. The molecule has 0 aliphatic carbocycles. The molecule has 4 aromatic carbocycles. The molecule has 5 rings (SSSR count). The van der Waals surface area contributed by atoms with Crippen molar-refractivity contribution in [3.8, 4) is 28.0 Å². The molecule has 166 valence electrons. The number of fused-ring (bicyclic) bond motifs is 1. The molecule has 0 unspecified atom stereocenters. The monoisotopic (exact) mass is 449 g/mol. The lowest BCUT2D eigenvalue weighted by Crippen LogP contribution is -2.15. The molecule has 7 nitrogen and oxygen atoms in total. The Morgan fingerprint density at radius 1 is 0.794 bits per heavy atom. The molecule has 0 saturated heterocycles. The van der Waals surface area contributed by atoms with Gasteiger partial charge < -0.3 is 15.5 Å². The van der Waals surface area contributed by atoms with E-state index in [1.54, 1.807) is 30.3 Å². The van der Waals surface area contributed by atoms with E-state index in [1.165, 1.54) is 12.1 Å². The Kier molecular flexibility index (Phi) is 5.27. The van der Waals surface area contributed by atoms with Crippen LogP contribution < -0.4 is 10.7 Å². The summed E-state index contributed by atoms with van der Waals surface area (Å²) >= 11 is 0. The standard InChI is InChI=1S/C27H19N3O4/c31-25-20(18-8-4-9-19(14-18)27(33)34)10-5-11-22(25)29-30-24-21-13-12-17(15-23(21)28-26(24)32)16-6-2-1-3-7-16/h1-15,29,31H,(H,33,34)(H,28,30,32). The predicted molar refractivity (Wildman–Crippen MR) is 131 cm³/mol. The first-order chi connectivity index (χ1) is 16.5. The highest BCUT2D eigenvalue weighted by atomic mass is 16.4. The van der Waals surface area contributed by atoms with Crippen LogP contribution in [0.1, 0.15) is 15.9 Å². The number of hydrogen-bond donors (Lipinski definition) is 4. The van der Waals surface area contributed by atoms with Gasteiger partial charge in [-0.2, -0.15) is 5.10 Å². The molecule has 4 aromatic rings. The Hall–Kier alpha value is -4.91. The molecule has 0 radical (unpaired) electrons. The van der Waals surface area contributed by atoms with E-state index in [0.717, 1.165) is 11.1 Å². The number of benzene rings is 4. The van der Waals surface area contributed by atoms with Crippen molar-refractivity contribution in [3.63, 3.8) is 0 Å². The summed E-state index contributed by atoms with van der Waals surface area (Å²) in [5.74, 6) is -1.51. The molecule has 1 aliphatic heterocycles. The van der Waals surface area contributed by atoms with Gasteiger partial charge in [-0.3, -0.25) is 10.2 Å². The van der Waals surface area contributed by atoms with Crippen molar-refractivity contribution in [2.24, 2.45) is 5.10 Å². The largest absolute Gasteiger partial charge is 0.505 e. The lowest BCUT2D eigenvalue weighted by molar-refractivity contribution is -0.110. The number of rotatable bonds is 5. The second-order valence-corrected chi connectivity index (χ2v) is 7.74. The SMILES string of the molecule is O=C1Nc2cc(-c3ccccc3)ccc2C1=NNc1cccc(-c2cccc(C(=O)O)c2)c1O. The van der Waals surface area contributed by atoms with Crippen LogP contribution in [-0.2, 0) is 4.79 Å². The number of carboxylic acids is 1. The summed E-state index contributed by atoms with van der Waals surface area (Å²) in [5, 5.41) is 27.1. The van der Waals surface area contributed by atoms with Crippen LogP contribution in [0.3, 0.4) is 0 Å². The minimum Gasteiger partial charge on any atom is -0.505 e. The second-order valence-electron chi connectivity index (χ2n) is 7.74. The topological polar surface area (TPSA) is 111 Å². The lowest BCUT2D eigenvalue weighted by Gasteiger charge is -2.10. The number of hydrazone groups is 1. The van der Waals surface area contributed by atoms with Gasteiger partial charge in [-0.15, -0.1) is 0 Å². The van der Waals surface area contributed by atoms with Gasteiger partial charge in [0, 0.05) is 11.1 Å². The number of carboxylic acid groups (broad SMARTS) is 1. The van der Waals surface area contributed by atoms with Crippen molar-refractivity contribution in [1.29, 1.82) is 0 Å². The van der Waals surface area contributed by atoms with Gasteiger partial charge in [-0.05, 0) is 47.0 Å². The number of amides is 1. The summed E-state index contributed by atoms with van der Waals surface area (Å²) in [6, 6.07) is 26.8. The summed E-state index contributed by atoms with van der Waals surface area (Å²) in [5.41, 5.74) is 7.70. The quantitative estimate of drug-likeness (QED) is 0.247. The molecule has 0 atom stereocenters. The van der Waals surface area contributed by atoms with Gasteiger partial charge in [0.05, 0.1) is 16.9 Å². The number of carbonyl (C=O) groups is 2. The number of hydrogen-bond acceptors (Lipinski definition) is 5. The van der Waals surface area contributed by atoms with Crippen LogP contribution in [-0.4, -0.2) is 27.8 Å². The number of carbonyl (C=O) groups excluding carboxylic acids is 1. The summed E-state index contributed by atoms with van der Waals surface area (Å²) in [6.45, 7) is 0. The average Bonchev–Trinajstić information content (AvgIpc) is 3.18. The average molecular weight is 449 g/mol. The fourth-order valence-electron chi connectivity index (χ4n) is 3.88. The number of anilines is 2. The van der Waals surface area contributed by atoms with Gasteiger partial charge in [0.25, 0.3) is 5.91 Å². The van der Waals surface area contributed by atoms with E-state index in [0.29, 0.717) is 22.4 Å². The Bertz CT molecular complexity index is 1460. The molecule has 0 spiro atoms. The Morgan fingerprint density at radius 3 is 2.35 bits per heavy atom. The fourth-order valence-corrected chi connectivity index (χ4v) is 3.88. The lowest BCUT2D eigenvalue weighted by atomic mass is 10.0. The number of phenols is 1. The number of aromatic carboxylic acids is 1. The summed E-state index contributed by atoms with van der Waals surface area (Å²) in [6.07, 6.45) is 0. The number of nitrogens with one attached hydrogen (secondary N) is 2. The van der Waals surface area contributed by atoms with Gasteiger partial charge in [-0.1, -0.05) is 60.7 Å².